The van der Waals surface area contributed by atoms with Crippen LogP contribution < -0.4 is 15.0 Å². The number of urea groups is 1. The van der Waals surface area contributed by atoms with E-state index in [4.69, 9.17) is 14.2 Å². The standard InChI is InChI=1S/C21H28N4O5/c1-24(21(27)25-7-9-29-10-8-25)14-3-5-15(6-4-14)30-19-11-16-17(12-18(19)28-2)22-13-23-20(16)26/h11-15H,3-10H2,1-2H3,(H,22,23,26)/t14-,15+. The largest absolute Gasteiger partial charge is 0.493 e. The van der Waals surface area contributed by atoms with Gasteiger partial charge in [-0.2, -0.15) is 0 Å². The minimum atomic E-state index is -0.209. The number of aromatic nitrogens is 2. The number of ether oxygens (including phenoxy) is 3. The molecule has 1 aliphatic carbocycles. The first kappa shape index (κ1) is 20.5. The normalized spacial score (nSPS) is 22.0. The molecule has 2 aromatic rings. The summed E-state index contributed by atoms with van der Waals surface area (Å²) in [7, 11) is 3.46. The summed E-state index contributed by atoms with van der Waals surface area (Å²) in [5.41, 5.74) is 0.356. The molecular formula is C21H28N4O5. The second-order valence-corrected chi connectivity index (χ2v) is 7.79. The maximum atomic E-state index is 12.7. The summed E-state index contributed by atoms with van der Waals surface area (Å²) in [5, 5.41) is 0.470. The number of morpholine rings is 1. The summed E-state index contributed by atoms with van der Waals surface area (Å²) in [6, 6.07) is 3.69. The number of fused-ring (bicyclic) bond motifs is 1. The van der Waals surface area contributed by atoms with Gasteiger partial charge in [0.05, 0.1) is 43.7 Å². The zero-order valence-electron chi connectivity index (χ0n) is 17.4. The van der Waals surface area contributed by atoms with E-state index in [0.29, 0.717) is 48.7 Å². The van der Waals surface area contributed by atoms with Gasteiger partial charge in [0.15, 0.2) is 11.5 Å². The average molecular weight is 416 g/mol. The molecule has 0 atom stereocenters. The Morgan fingerprint density at radius 1 is 1.20 bits per heavy atom. The van der Waals surface area contributed by atoms with Crippen molar-refractivity contribution in [3.63, 3.8) is 0 Å². The van der Waals surface area contributed by atoms with Gasteiger partial charge in [-0.1, -0.05) is 0 Å². The molecule has 30 heavy (non-hydrogen) atoms. The number of amides is 2. The minimum absolute atomic E-state index is 0.00948. The molecule has 0 unspecified atom stereocenters. The number of nitrogens with one attached hydrogen (secondary N) is 1. The molecule has 1 N–H and O–H groups in total. The highest BCUT2D eigenvalue weighted by atomic mass is 16.5. The van der Waals surface area contributed by atoms with Crippen molar-refractivity contribution in [2.24, 2.45) is 0 Å². The molecule has 1 saturated carbocycles. The fourth-order valence-corrected chi connectivity index (χ4v) is 4.19. The second kappa shape index (κ2) is 8.91. The predicted molar refractivity (Wildman–Crippen MR) is 111 cm³/mol. The number of methoxy groups -OCH3 is 1. The quantitative estimate of drug-likeness (QED) is 0.819. The van der Waals surface area contributed by atoms with Crippen LogP contribution >= 0.6 is 0 Å². The lowest BCUT2D eigenvalue weighted by atomic mass is 9.92. The lowest BCUT2D eigenvalue weighted by molar-refractivity contribution is 0.0369. The van der Waals surface area contributed by atoms with Gasteiger partial charge in [0.1, 0.15) is 0 Å². The Labute approximate surface area is 174 Å². The third kappa shape index (κ3) is 4.21. The number of H-pyrrole nitrogens is 1. The fourth-order valence-electron chi connectivity index (χ4n) is 4.19. The Morgan fingerprint density at radius 3 is 2.63 bits per heavy atom. The van der Waals surface area contributed by atoms with Gasteiger partial charge >= 0.3 is 6.03 Å². The van der Waals surface area contributed by atoms with Crippen molar-refractivity contribution in [3.05, 3.63) is 28.8 Å². The lowest BCUT2D eigenvalue weighted by Gasteiger charge is -2.38. The molecule has 9 heteroatoms. The predicted octanol–water partition coefficient (Wildman–Crippen LogP) is 2.01. The lowest BCUT2D eigenvalue weighted by Crippen LogP contribution is -2.51. The fraction of sp³-hybridized carbons (Fsp3) is 0.571. The van der Waals surface area contributed by atoms with Crippen molar-refractivity contribution < 1.29 is 19.0 Å². The number of carbonyl (C=O) groups is 1. The topological polar surface area (TPSA) is 97.0 Å². The molecule has 9 nitrogen and oxygen atoms in total. The molecule has 2 fully saturated rings. The van der Waals surface area contributed by atoms with Crippen molar-refractivity contribution in [1.82, 2.24) is 19.8 Å². The monoisotopic (exact) mass is 416 g/mol. The van der Waals surface area contributed by atoms with Crippen LogP contribution in [0.4, 0.5) is 4.79 Å². The molecule has 0 radical (unpaired) electrons. The van der Waals surface area contributed by atoms with Crippen LogP contribution in [0.15, 0.2) is 23.3 Å². The number of hydrogen-bond acceptors (Lipinski definition) is 6. The van der Waals surface area contributed by atoms with Crippen molar-refractivity contribution in [2.75, 3.05) is 40.5 Å². The van der Waals surface area contributed by atoms with Gasteiger partial charge in [0, 0.05) is 32.2 Å². The number of carbonyl (C=O) groups excluding carboxylic acids is 1. The molecule has 2 aliphatic rings. The highest BCUT2D eigenvalue weighted by Gasteiger charge is 2.30. The molecule has 4 rings (SSSR count). The first-order valence-electron chi connectivity index (χ1n) is 10.4. The van der Waals surface area contributed by atoms with Crippen LogP contribution in [0.2, 0.25) is 0 Å². The number of aromatic amines is 1. The SMILES string of the molecule is COc1cc2nc[nH]c(=O)c2cc1O[C@H]1CC[C@@H](N(C)C(=O)N2CCOCC2)CC1. The van der Waals surface area contributed by atoms with Crippen LogP contribution in [0.5, 0.6) is 11.5 Å². The van der Waals surface area contributed by atoms with E-state index in [2.05, 4.69) is 9.97 Å². The minimum Gasteiger partial charge on any atom is -0.493 e. The van der Waals surface area contributed by atoms with Gasteiger partial charge in [-0.3, -0.25) is 4.79 Å². The summed E-state index contributed by atoms with van der Waals surface area (Å²) in [6.07, 6.45) is 4.78. The first-order valence-corrected chi connectivity index (χ1v) is 10.4. The summed E-state index contributed by atoms with van der Waals surface area (Å²) >= 11 is 0. The summed E-state index contributed by atoms with van der Waals surface area (Å²) in [4.78, 5) is 35.3. The first-order chi connectivity index (χ1) is 14.6. The molecular weight excluding hydrogens is 388 g/mol. The van der Waals surface area contributed by atoms with Gasteiger partial charge in [-0.25, -0.2) is 9.78 Å². The van der Waals surface area contributed by atoms with Crippen molar-refractivity contribution in [3.8, 4) is 11.5 Å². The van der Waals surface area contributed by atoms with Crippen LogP contribution in [0.1, 0.15) is 25.7 Å². The molecule has 2 amide bonds. The Balaban J connectivity index is 1.39. The van der Waals surface area contributed by atoms with E-state index in [1.165, 1.54) is 6.33 Å². The Morgan fingerprint density at radius 2 is 1.93 bits per heavy atom. The van der Waals surface area contributed by atoms with Crippen LogP contribution in [-0.2, 0) is 4.74 Å². The highest BCUT2D eigenvalue weighted by molar-refractivity contribution is 5.81. The van der Waals surface area contributed by atoms with E-state index >= 15 is 0 Å². The maximum absolute atomic E-state index is 12.7. The third-order valence-corrected chi connectivity index (χ3v) is 5.99. The van der Waals surface area contributed by atoms with E-state index in [9.17, 15) is 9.59 Å². The zero-order chi connectivity index (χ0) is 21.1. The van der Waals surface area contributed by atoms with Crippen LogP contribution in [0, 0.1) is 0 Å². The van der Waals surface area contributed by atoms with E-state index < -0.39 is 0 Å². The summed E-state index contributed by atoms with van der Waals surface area (Å²) in [6.45, 7) is 2.51. The number of rotatable bonds is 4. The molecule has 0 bridgehead atoms. The molecule has 0 spiro atoms. The Bertz CT molecular complexity index is 948. The highest BCUT2D eigenvalue weighted by Crippen LogP contribution is 2.34. The van der Waals surface area contributed by atoms with Crippen LogP contribution in [-0.4, -0.2) is 78.4 Å². The Kier molecular flexibility index (Phi) is 6.08. The summed E-state index contributed by atoms with van der Waals surface area (Å²) < 4.78 is 17.0. The third-order valence-electron chi connectivity index (χ3n) is 5.99. The maximum Gasteiger partial charge on any atom is 0.320 e. The van der Waals surface area contributed by atoms with E-state index in [1.54, 1.807) is 19.2 Å². The number of benzene rings is 1. The molecule has 1 saturated heterocycles. The molecule has 2 heterocycles. The second-order valence-electron chi connectivity index (χ2n) is 7.79. The number of nitrogens with zero attached hydrogens (tertiary/aromatic N) is 3. The molecule has 1 aromatic carbocycles. The van der Waals surface area contributed by atoms with E-state index in [1.807, 2.05) is 16.8 Å². The van der Waals surface area contributed by atoms with Crippen LogP contribution in [0.3, 0.4) is 0 Å². The van der Waals surface area contributed by atoms with Crippen molar-refractivity contribution in [1.29, 1.82) is 0 Å². The smallest absolute Gasteiger partial charge is 0.320 e. The van der Waals surface area contributed by atoms with Crippen molar-refractivity contribution >= 4 is 16.9 Å². The van der Waals surface area contributed by atoms with Crippen molar-refractivity contribution in [2.45, 2.75) is 37.8 Å². The van der Waals surface area contributed by atoms with Gasteiger partial charge in [-0.05, 0) is 31.7 Å². The van der Waals surface area contributed by atoms with Gasteiger partial charge in [0.25, 0.3) is 5.56 Å². The molecule has 1 aromatic heterocycles. The van der Waals surface area contributed by atoms with Gasteiger partial charge in [0.2, 0.25) is 0 Å². The summed E-state index contributed by atoms with van der Waals surface area (Å²) in [5.74, 6) is 1.10. The zero-order valence-corrected chi connectivity index (χ0v) is 17.4. The van der Waals surface area contributed by atoms with E-state index in [-0.39, 0.29) is 23.7 Å². The van der Waals surface area contributed by atoms with Gasteiger partial charge < -0.3 is 29.0 Å². The van der Waals surface area contributed by atoms with E-state index in [0.717, 1.165) is 25.7 Å². The molecule has 1 aliphatic heterocycles. The average Bonchev–Trinajstić information content (AvgIpc) is 2.79. The Hall–Kier alpha value is -2.81. The van der Waals surface area contributed by atoms with Crippen LogP contribution in [0.25, 0.3) is 10.9 Å². The molecule has 162 valence electrons. The number of hydrogen-bond donors (Lipinski definition) is 1. The van der Waals surface area contributed by atoms with Gasteiger partial charge in [-0.15, -0.1) is 0 Å².